The van der Waals surface area contributed by atoms with E-state index in [0.29, 0.717) is 18.9 Å². The first kappa shape index (κ1) is 17.4. The Bertz CT molecular complexity index is 746. The predicted octanol–water partition coefficient (Wildman–Crippen LogP) is 2.43. The highest BCUT2D eigenvalue weighted by Crippen LogP contribution is 2.23. The van der Waals surface area contributed by atoms with Gasteiger partial charge in [-0.1, -0.05) is 18.2 Å². The third kappa shape index (κ3) is 4.33. The molecule has 1 aliphatic heterocycles. The maximum absolute atomic E-state index is 10.7. The van der Waals surface area contributed by atoms with Gasteiger partial charge in [0.1, 0.15) is 0 Å². The Kier molecular flexibility index (Phi) is 5.28. The summed E-state index contributed by atoms with van der Waals surface area (Å²) in [6, 6.07) is 6.00. The molecule has 0 spiro atoms. The number of rotatable bonds is 5. The van der Waals surface area contributed by atoms with E-state index in [2.05, 4.69) is 9.97 Å². The molecule has 6 nitrogen and oxygen atoms in total. The number of carbonyl (C=O) groups is 1. The summed E-state index contributed by atoms with van der Waals surface area (Å²) in [4.78, 5) is 21.6. The smallest absolute Gasteiger partial charge is 0.303 e. The third-order valence-corrected chi connectivity index (χ3v) is 4.60. The molecule has 1 aromatic heterocycles. The minimum Gasteiger partial charge on any atom is -0.481 e. The number of aliphatic carboxylic acids is 1. The van der Waals surface area contributed by atoms with Gasteiger partial charge < -0.3 is 15.1 Å². The molecule has 0 amide bonds. The van der Waals surface area contributed by atoms with E-state index in [0.717, 1.165) is 41.6 Å². The van der Waals surface area contributed by atoms with Crippen molar-refractivity contribution in [2.75, 3.05) is 18.0 Å². The summed E-state index contributed by atoms with van der Waals surface area (Å²) in [5.74, 6) is -0.132. The van der Waals surface area contributed by atoms with Gasteiger partial charge in [-0.05, 0) is 42.9 Å². The number of carboxylic acid groups (broad SMARTS) is 1. The summed E-state index contributed by atoms with van der Waals surface area (Å²) in [6.07, 6.45) is 5.75. The topological polar surface area (TPSA) is 86.5 Å². The molecule has 132 valence electrons. The van der Waals surface area contributed by atoms with Gasteiger partial charge in [0.2, 0.25) is 5.95 Å². The predicted molar refractivity (Wildman–Crippen MR) is 95.6 cm³/mol. The summed E-state index contributed by atoms with van der Waals surface area (Å²) in [5.41, 5.74) is 4.06. The van der Waals surface area contributed by atoms with Crippen LogP contribution in [0.2, 0.25) is 0 Å². The largest absolute Gasteiger partial charge is 0.481 e. The van der Waals surface area contributed by atoms with E-state index in [1.165, 1.54) is 0 Å². The third-order valence-electron chi connectivity index (χ3n) is 4.60. The summed E-state index contributed by atoms with van der Waals surface area (Å²) in [7, 11) is 0. The lowest BCUT2D eigenvalue weighted by Gasteiger charge is -2.29. The highest BCUT2D eigenvalue weighted by molar-refractivity contribution is 5.68. The Hall–Kier alpha value is -2.47. The first-order chi connectivity index (χ1) is 12.0. The van der Waals surface area contributed by atoms with Crippen molar-refractivity contribution in [3.8, 4) is 11.1 Å². The molecule has 1 saturated heterocycles. The number of aliphatic hydroxyl groups is 1. The fourth-order valence-electron chi connectivity index (χ4n) is 3.17. The van der Waals surface area contributed by atoms with E-state index in [4.69, 9.17) is 5.11 Å². The molecule has 1 atom stereocenters. The van der Waals surface area contributed by atoms with Crippen molar-refractivity contribution in [1.82, 2.24) is 9.97 Å². The standard InChI is InChI=1S/C19H23N3O3/c1-13-9-15(5-4-14(13)6-7-18(24)25)16-10-20-19(21-11-16)22-8-2-3-17(23)12-22/h4-5,9-11,17,23H,2-3,6-8,12H2,1H3,(H,24,25). The summed E-state index contributed by atoms with van der Waals surface area (Å²) in [5, 5.41) is 18.6. The van der Waals surface area contributed by atoms with Crippen molar-refractivity contribution >= 4 is 11.9 Å². The first-order valence-corrected chi connectivity index (χ1v) is 8.59. The van der Waals surface area contributed by atoms with Crippen molar-refractivity contribution in [1.29, 1.82) is 0 Å². The monoisotopic (exact) mass is 341 g/mol. The Labute approximate surface area is 147 Å². The fourth-order valence-corrected chi connectivity index (χ4v) is 3.17. The van der Waals surface area contributed by atoms with Gasteiger partial charge in [0.15, 0.2) is 0 Å². The molecule has 2 heterocycles. The number of aromatic nitrogens is 2. The highest BCUT2D eigenvalue weighted by Gasteiger charge is 2.19. The number of benzene rings is 1. The molecule has 2 aromatic rings. The molecule has 2 N–H and O–H groups in total. The average Bonchev–Trinajstić information content (AvgIpc) is 2.60. The molecule has 25 heavy (non-hydrogen) atoms. The molecule has 1 fully saturated rings. The zero-order chi connectivity index (χ0) is 17.8. The van der Waals surface area contributed by atoms with Crippen LogP contribution in [0.3, 0.4) is 0 Å². The molecule has 6 heteroatoms. The van der Waals surface area contributed by atoms with Gasteiger partial charge in [0.05, 0.1) is 6.10 Å². The van der Waals surface area contributed by atoms with Crippen molar-refractivity contribution in [2.45, 2.75) is 38.7 Å². The summed E-state index contributed by atoms with van der Waals surface area (Å²) < 4.78 is 0. The summed E-state index contributed by atoms with van der Waals surface area (Å²) in [6.45, 7) is 3.44. The van der Waals surface area contributed by atoms with Gasteiger partial charge in [-0.15, -0.1) is 0 Å². The second kappa shape index (κ2) is 7.61. The van der Waals surface area contributed by atoms with Crippen molar-refractivity contribution in [2.24, 2.45) is 0 Å². The number of aliphatic hydroxyl groups excluding tert-OH is 1. The Balaban J connectivity index is 1.73. The van der Waals surface area contributed by atoms with Gasteiger partial charge in [0.25, 0.3) is 0 Å². The fraction of sp³-hybridized carbons (Fsp3) is 0.421. The van der Waals surface area contributed by atoms with Gasteiger partial charge in [-0.25, -0.2) is 9.97 Å². The Morgan fingerprint density at radius 3 is 2.68 bits per heavy atom. The normalized spacial score (nSPS) is 17.5. The van der Waals surface area contributed by atoms with Crippen molar-refractivity contribution in [3.63, 3.8) is 0 Å². The molecule has 3 rings (SSSR count). The van der Waals surface area contributed by atoms with E-state index in [1.54, 1.807) is 12.4 Å². The lowest BCUT2D eigenvalue weighted by Crippen LogP contribution is -2.39. The Morgan fingerprint density at radius 1 is 1.28 bits per heavy atom. The van der Waals surface area contributed by atoms with Gasteiger partial charge >= 0.3 is 5.97 Å². The van der Waals surface area contributed by atoms with Crippen LogP contribution >= 0.6 is 0 Å². The summed E-state index contributed by atoms with van der Waals surface area (Å²) >= 11 is 0. The maximum atomic E-state index is 10.7. The zero-order valence-electron chi connectivity index (χ0n) is 14.4. The van der Waals surface area contributed by atoms with Crippen LogP contribution in [-0.4, -0.2) is 45.3 Å². The molecule has 0 aliphatic carbocycles. The van der Waals surface area contributed by atoms with Crippen LogP contribution in [0, 0.1) is 6.92 Å². The lowest BCUT2D eigenvalue weighted by atomic mass is 9.99. The average molecular weight is 341 g/mol. The Morgan fingerprint density at radius 2 is 2.04 bits per heavy atom. The molecule has 1 aromatic carbocycles. The second-order valence-corrected chi connectivity index (χ2v) is 6.55. The number of anilines is 1. The van der Waals surface area contributed by atoms with Gasteiger partial charge in [-0.2, -0.15) is 0 Å². The number of piperidine rings is 1. The van der Waals surface area contributed by atoms with Crippen LogP contribution in [0.4, 0.5) is 5.95 Å². The number of nitrogens with zero attached hydrogens (tertiary/aromatic N) is 3. The molecule has 1 unspecified atom stereocenters. The minimum absolute atomic E-state index is 0.139. The van der Waals surface area contributed by atoms with Gasteiger partial charge in [0, 0.05) is 37.5 Å². The van der Waals surface area contributed by atoms with E-state index in [1.807, 2.05) is 30.0 Å². The quantitative estimate of drug-likeness (QED) is 0.869. The van der Waals surface area contributed by atoms with E-state index < -0.39 is 5.97 Å². The van der Waals surface area contributed by atoms with Crippen LogP contribution in [0.5, 0.6) is 0 Å². The van der Waals surface area contributed by atoms with E-state index in [9.17, 15) is 9.90 Å². The van der Waals surface area contributed by atoms with Crippen LogP contribution in [0.15, 0.2) is 30.6 Å². The zero-order valence-corrected chi connectivity index (χ0v) is 14.4. The SMILES string of the molecule is Cc1cc(-c2cnc(N3CCCC(O)C3)nc2)ccc1CCC(=O)O. The molecule has 0 saturated carbocycles. The second-order valence-electron chi connectivity index (χ2n) is 6.55. The highest BCUT2D eigenvalue weighted by atomic mass is 16.4. The number of aryl methyl sites for hydroxylation is 2. The lowest BCUT2D eigenvalue weighted by molar-refractivity contribution is -0.136. The number of hydrogen-bond donors (Lipinski definition) is 2. The molecular weight excluding hydrogens is 318 g/mol. The molecule has 1 aliphatic rings. The van der Waals surface area contributed by atoms with Crippen LogP contribution < -0.4 is 4.90 Å². The van der Waals surface area contributed by atoms with Crippen LogP contribution in [-0.2, 0) is 11.2 Å². The maximum Gasteiger partial charge on any atom is 0.303 e. The minimum atomic E-state index is -0.782. The van der Waals surface area contributed by atoms with E-state index in [-0.39, 0.29) is 12.5 Å². The number of carboxylic acids is 1. The molecule has 0 radical (unpaired) electrons. The number of hydrogen-bond acceptors (Lipinski definition) is 5. The van der Waals surface area contributed by atoms with E-state index >= 15 is 0 Å². The van der Waals surface area contributed by atoms with Crippen molar-refractivity contribution < 1.29 is 15.0 Å². The molecule has 0 bridgehead atoms. The van der Waals surface area contributed by atoms with Gasteiger partial charge in [-0.3, -0.25) is 4.79 Å². The number of β-amino-alcohol motifs (C(OH)–C–C–N with tert-alkyl or cyclic N) is 1. The molecular formula is C19H23N3O3. The van der Waals surface area contributed by atoms with Crippen molar-refractivity contribution in [3.05, 3.63) is 41.7 Å². The van der Waals surface area contributed by atoms with Crippen LogP contribution in [0.25, 0.3) is 11.1 Å². The van der Waals surface area contributed by atoms with Crippen LogP contribution in [0.1, 0.15) is 30.4 Å². The first-order valence-electron chi connectivity index (χ1n) is 8.59.